The summed E-state index contributed by atoms with van der Waals surface area (Å²) in [5.74, 6) is 0. The second-order valence-corrected chi connectivity index (χ2v) is 4.30. The van der Waals surface area contributed by atoms with Crippen molar-refractivity contribution in [1.82, 2.24) is 14.8 Å². The van der Waals surface area contributed by atoms with Crippen molar-refractivity contribution >= 4 is 17.4 Å². The molecule has 0 saturated heterocycles. The molecule has 0 aliphatic carbocycles. The van der Waals surface area contributed by atoms with Crippen molar-refractivity contribution in [3.05, 3.63) is 30.1 Å². The van der Waals surface area contributed by atoms with Gasteiger partial charge in [-0.25, -0.2) is 0 Å². The Morgan fingerprint density at radius 3 is 2.80 bits per heavy atom. The Labute approximate surface area is 92.5 Å². The van der Waals surface area contributed by atoms with Gasteiger partial charge in [0.25, 0.3) is 0 Å². The number of aromatic nitrogens is 3. The Balaban J connectivity index is 2.36. The van der Waals surface area contributed by atoms with Crippen molar-refractivity contribution in [3.63, 3.8) is 0 Å². The van der Waals surface area contributed by atoms with E-state index in [1.807, 2.05) is 36.7 Å². The topological polar surface area (TPSA) is 56.7 Å². The number of anilines is 1. The first kappa shape index (κ1) is 10.0. The average molecular weight is 220 g/mol. The zero-order valence-corrected chi connectivity index (χ0v) is 9.45. The molecule has 0 spiro atoms. The number of benzene rings is 1. The van der Waals surface area contributed by atoms with Gasteiger partial charge in [0.2, 0.25) is 0 Å². The smallest absolute Gasteiger partial charge is 0.195 e. The fraction of sp³-hybridized carbons (Fsp3) is 0.200. The molecule has 0 amide bonds. The van der Waals surface area contributed by atoms with Crippen molar-refractivity contribution in [2.24, 2.45) is 7.05 Å². The van der Waals surface area contributed by atoms with E-state index in [4.69, 9.17) is 5.73 Å². The van der Waals surface area contributed by atoms with E-state index in [-0.39, 0.29) is 0 Å². The Morgan fingerprint density at radius 2 is 2.20 bits per heavy atom. The van der Waals surface area contributed by atoms with Crippen molar-refractivity contribution < 1.29 is 0 Å². The molecule has 2 rings (SSSR count). The molecule has 2 aromatic rings. The lowest BCUT2D eigenvalue weighted by Gasteiger charge is -2.07. The lowest BCUT2D eigenvalue weighted by Crippen LogP contribution is -1.94. The summed E-state index contributed by atoms with van der Waals surface area (Å²) in [5.41, 5.74) is 7.85. The normalized spacial score (nSPS) is 10.5. The van der Waals surface area contributed by atoms with Gasteiger partial charge in [-0.05, 0) is 30.3 Å². The first-order valence-electron chi connectivity index (χ1n) is 4.55. The third-order valence-corrected chi connectivity index (χ3v) is 3.42. The standard InChI is InChI=1S/C10H12N4S/c1-7-4-3-5-8(11)9(7)15-10-13-12-6-14(10)2/h3-6H,11H2,1-2H3. The van der Waals surface area contributed by atoms with Crippen LogP contribution in [0.1, 0.15) is 5.56 Å². The van der Waals surface area contributed by atoms with E-state index in [2.05, 4.69) is 10.2 Å². The molecule has 5 heteroatoms. The molecule has 1 aromatic carbocycles. The van der Waals surface area contributed by atoms with E-state index < -0.39 is 0 Å². The van der Waals surface area contributed by atoms with Crippen LogP contribution in [0.15, 0.2) is 34.6 Å². The molecule has 0 aliphatic heterocycles. The summed E-state index contributed by atoms with van der Waals surface area (Å²) in [7, 11) is 1.91. The molecule has 0 aliphatic rings. The Bertz CT molecular complexity index is 458. The summed E-state index contributed by atoms with van der Waals surface area (Å²) in [5, 5.41) is 8.69. The largest absolute Gasteiger partial charge is 0.398 e. The third kappa shape index (κ3) is 1.97. The van der Waals surface area contributed by atoms with Gasteiger partial charge in [0.15, 0.2) is 5.16 Å². The van der Waals surface area contributed by atoms with Gasteiger partial charge in [-0.1, -0.05) is 12.1 Å². The number of rotatable bonds is 2. The highest BCUT2D eigenvalue weighted by atomic mass is 32.2. The maximum Gasteiger partial charge on any atom is 0.195 e. The van der Waals surface area contributed by atoms with Crippen LogP contribution in [0, 0.1) is 6.92 Å². The minimum Gasteiger partial charge on any atom is -0.398 e. The summed E-state index contributed by atoms with van der Waals surface area (Å²) in [6.07, 6.45) is 1.68. The summed E-state index contributed by atoms with van der Waals surface area (Å²) >= 11 is 1.54. The fourth-order valence-corrected chi connectivity index (χ4v) is 2.15. The quantitative estimate of drug-likeness (QED) is 0.785. The number of nitrogens with two attached hydrogens (primary N) is 1. The van der Waals surface area contributed by atoms with Gasteiger partial charge < -0.3 is 10.3 Å². The van der Waals surface area contributed by atoms with Gasteiger partial charge in [-0.15, -0.1) is 10.2 Å². The van der Waals surface area contributed by atoms with Gasteiger partial charge in [-0.3, -0.25) is 0 Å². The summed E-state index contributed by atoms with van der Waals surface area (Å²) in [6, 6.07) is 5.88. The van der Waals surface area contributed by atoms with E-state index in [0.717, 1.165) is 21.3 Å². The first-order valence-corrected chi connectivity index (χ1v) is 5.37. The molecular weight excluding hydrogens is 208 g/mol. The summed E-state index contributed by atoms with van der Waals surface area (Å²) < 4.78 is 1.87. The first-order chi connectivity index (χ1) is 7.18. The molecule has 1 aromatic heterocycles. The summed E-state index contributed by atoms with van der Waals surface area (Å²) in [6.45, 7) is 2.04. The highest BCUT2D eigenvalue weighted by molar-refractivity contribution is 7.99. The predicted molar refractivity (Wildman–Crippen MR) is 60.7 cm³/mol. The number of aryl methyl sites for hydroxylation is 2. The molecule has 1 heterocycles. The Kier molecular flexibility index (Phi) is 2.64. The third-order valence-electron chi connectivity index (χ3n) is 2.11. The number of hydrogen-bond acceptors (Lipinski definition) is 4. The van der Waals surface area contributed by atoms with Crippen molar-refractivity contribution in [3.8, 4) is 0 Å². The maximum absolute atomic E-state index is 5.91. The van der Waals surface area contributed by atoms with Crippen LogP contribution in [0.2, 0.25) is 0 Å². The zero-order valence-electron chi connectivity index (χ0n) is 8.64. The molecular formula is C10H12N4S. The minimum absolute atomic E-state index is 0.781. The van der Waals surface area contributed by atoms with E-state index in [1.165, 1.54) is 11.8 Å². The molecule has 4 nitrogen and oxygen atoms in total. The highest BCUT2D eigenvalue weighted by Gasteiger charge is 2.08. The second kappa shape index (κ2) is 3.94. The lowest BCUT2D eigenvalue weighted by molar-refractivity contribution is 0.788. The van der Waals surface area contributed by atoms with E-state index in [0.29, 0.717) is 0 Å². The highest BCUT2D eigenvalue weighted by Crippen LogP contribution is 2.32. The number of nitrogens with zero attached hydrogens (tertiary/aromatic N) is 3. The predicted octanol–water partition coefficient (Wildman–Crippen LogP) is 1.86. The molecule has 0 bridgehead atoms. The van der Waals surface area contributed by atoms with Gasteiger partial charge in [0.1, 0.15) is 6.33 Å². The van der Waals surface area contributed by atoms with Crippen LogP contribution in [-0.4, -0.2) is 14.8 Å². The van der Waals surface area contributed by atoms with Crippen LogP contribution in [0.5, 0.6) is 0 Å². The number of hydrogen-bond donors (Lipinski definition) is 1. The van der Waals surface area contributed by atoms with E-state index in [9.17, 15) is 0 Å². The van der Waals surface area contributed by atoms with E-state index >= 15 is 0 Å². The monoisotopic (exact) mass is 220 g/mol. The molecule has 0 saturated carbocycles. The molecule has 2 N–H and O–H groups in total. The summed E-state index contributed by atoms with van der Waals surface area (Å²) in [4.78, 5) is 1.05. The SMILES string of the molecule is Cc1cccc(N)c1Sc1nncn1C. The Morgan fingerprint density at radius 1 is 1.40 bits per heavy atom. The van der Waals surface area contributed by atoms with Crippen LogP contribution in [0.25, 0.3) is 0 Å². The molecule has 0 fully saturated rings. The maximum atomic E-state index is 5.91. The fourth-order valence-electron chi connectivity index (χ4n) is 1.27. The van der Waals surface area contributed by atoms with Gasteiger partial charge in [0.05, 0.1) is 0 Å². The Hall–Kier alpha value is -1.49. The molecule has 15 heavy (non-hydrogen) atoms. The average Bonchev–Trinajstić information content (AvgIpc) is 2.58. The van der Waals surface area contributed by atoms with Crippen LogP contribution in [0.4, 0.5) is 5.69 Å². The van der Waals surface area contributed by atoms with E-state index in [1.54, 1.807) is 6.33 Å². The van der Waals surface area contributed by atoms with Crippen LogP contribution in [-0.2, 0) is 7.05 Å². The molecule has 78 valence electrons. The van der Waals surface area contributed by atoms with Crippen molar-refractivity contribution in [2.75, 3.05) is 5.73 Å². The second-order valence-electron chi connectivity index (χ2n) is 3.32. The van der Waals surface area contributed by atoms with Crippen molar-refractivity contribution in [1.29, 1.82) is 0 Å². The lowest BCUT2D eigenvalue weighted by atomic mass is 10.2. The zero-order chi connectivity index (χ0) is 10.8. The van der Waals surface area contributed by atoms with Crippen LogP contribution < -0.4 is 5.73 Å². The van der Waals surface area contributed by atoms with Crippen LogP contribution in [0.3, 0.4) is 0 Å². The van der Waals surface area contributed by atoms with Gasteiger partial charge in [-0.2, -0.15) is 0 Å². The van der Waals surface area contributed by atoms with Crippen LogP contribution >= 0.6 is 11.8 Å². The van der Waals surface area contributed by atoms with Crippen molar-refractivity contribution in [2.45, 2.75) is 17.0 Å². The minimum atomic E-state index is 0.781. The van der Waals surface area contributed by atoms with Gasteiger partial charge in [0, 0.05) is 17.6 Å². The molecule has 0 atom stereocenters. The molecule has 0 unspecified atom stereocenters. The molecule has 0 radical (unpaired) electrons. The number of nitrogen functional groups attached to an aromatic ring is 1. The van der Waals surface area contributed by atoms with Gasteiger partial charge >= 0.3 is 0 Å².